The molecule has 0 spiro atoms. The Morgan fingerprint density at radius 3 is 2.52 bits per heavy atom. The van der Waals surface area contributed by atoms with Gasteiger partial charge >= 0.3 is 0 Å². The number of aryl methyl sites for hydroxylation is 1. The van der Waals surface area contributed by atoms with Crippen LogP contribution in [0.1, 0.15) is 60.9 Å². The van der Waals surface area contributed by atoms with Gasteiger partial charge in [-0.05, 0) is 42.7 Å². The predicted molar refractivity (Wildman–Crippen MR) is 121 cm³/mol. The summed E-state index contributed by atoms with van der Waals surface area (Å²) in [7, 11) is 0. The van der Waals surface area contributed by atoms with Crippen LogP contribution < -0.4 is 0 Å². The fraction of sp³-hybridized carbons (Fsp3) is 0.560. The average molecular weight is 411 g/mol. The number of benzene rings is 1. The molecule has 4 rings (SSSR count). The minimum absolute atomic E-state index is 0.260. The van der Waals surface area contributed by atoms with Crippen LogP contribution >= 0.6 is 11.3 Å². The van der Waals surface area contributed by atoms with E-state index < -0.39 is 0 Å². The molecular weight excluding hydrogens is 376 g/mol. The highest BCUT2D eigenvalue weighted by Crippen LogP contribution is 2.36. The van der Waals surface area contributed by atoms with Crippen LogP contribution in [0.15, 0.2) is 41.8 Å². The number of carbonyl (C=O) groups is 1. The van der Waals surface area contributed by atoms with Crippen molar-refractivity contribution in [2.24, 2.45) is 5.92 Å². The molecule has 156 valence electrons. The molecule has 2 fully saturated rings. The number of carbonyl (C=O) groups excluding carboxylic acids is 1. The molecule has 0 bridgehead atoms. The van der Waals surface area contributed by atoms with E-state index in [4.69, 9.17) is 0 Å². The highest BCUT2D eigenvalue weighted by atomic mass is 32.1. The molecule has 1 aliphatic carbocycles. The van der Waals surface area contributed by atoms with Crippen molar-refractivity contribution in [1.82, 2.24) is 9.80 Å². The zero-order chi connectivity index (χ0) is 20.2. The highest BCUT2D eigenvalue weighted by molar-refractivity contribution is 7.09. The molecule has 1 aromatic carbocycles. The van der Waals surface area contributed by atoms with E-state index in [1.165, 1.54) is 48.1 Å². The Balaban J connectivity index is 1.53. The summed E-state index contributed by atoms with van der Waals surface area (Å²) in [5.41, 5.74) is 2.74. The van der Waals surface area contributed by atoms with Gasteiger partial charge in [0.1, 0.15) is 0 Å². The molecule has 29 heavy (non-hydrogen) atoms. The number of nitrogens with zero attached hydrogens (tertiary/aromatic N) is 2. The van der Waals surface area contributed by atoms with Crippen molar-refractivity contribution >= 4 is 17.2 Å². The van der Waals surface area contributed by atoms with Crippen molar-refractivity contribution in [2.45, 2.75) is 64.5 Å². The lowest BCUT2D eigenvalue weighted by Crippen LogP contribution is -2.44. The van der Waals surface area contributed by atoms with Crippen molar-refractivity contribution < 1.29 is 4.79 Å². The Hall–Kier alpha value is -1.65. The molecule has 2 atom stereocenters. The predicted octanol–water partition coefficient (Wildman–Crippen LogP) is 5.45. The molecule has 3 nitrogen and oxygen atoms in total. The van der Waals surface area contributed by atoms with Gasteiger partial charge in [-0.1, -0.05) is 55.2 Å². The summed E-state index contributed by atoms with van der Waals surface area (Å²) in [5, 5.41) is 2.17. The van der Waals surface area contributed by atoms with Crippen molar-refractivity contribution in [1.29, 1.82) is 0 Å². The SMILES string of the molecule is CC(=O)N(C[C@@H]1CN(Cc2cccs2)C[C@H]1c1ccc(C)cc1)C1CCCCC1. The normalized spacial score (nSPS) is 23.4. The standard InChI is InChI=1S/C25H34N2OS/c1-19-10-12-21(13-11-19)25-18-26(17-24-9-6-14-29-24)15-22(25)16-27(20(2)28)23-7-4-3-5-8-23/h6,9-14,22-23,25H,3-5,7-8,15-18H2,1-2H3/t22-,25-/m0/s1. The summed E-state index contributed by atoms with van der Waals surface area (Å²) in [4.78, 5) is 18.8. The lowest BCUT2D eigenvalue weighted by molar-refractivity contribution is -0.132. The molecule has 1 saturated carbocycles. The molecule has 1 saturated heterocycles. The fourth-order valence-electron chi connectivity index (χ4n) is 5.27. The topological polar surface area (TPSA) is 23.6 Å². The summed E-state index contributed by atoms with van der Waals surface area (Å²) in [6.45, 7) is 8.02. The second kappa shape index (κ2) is 9.44. The molecule has 1 aliphatic heterocycles. The third-order valence-corrected chi connectivity index (χ3v) is 7.69. The number of thiophene rings is 1. The molecule has 0 unspecified atom stereocenters. The molecule has 1 aromatic heterocycles. The van der Waals surface area contributed by atoms with Crippen LogP contribution in [0.4, 0.5) is 0 Å². The van der Waals surface area contributed by atoms with Gasteiger partial charge in [0.15, 0.2) is 0 Å². The number of rotatable bonds is 6. The van der Waals surface area contributed by atoms with Gasteiger partial charge in [0.25, 0.3) is 0 Å². The van der Waals surface area contributed by atoms with E-state index in [1.54, 1.807) is 6.92 Å². The largest absolute Gasteiger partial charge is 0.340 e. The third-order valence-electron chi connectivity index (χ3n) is 6.83. The number of likely N-dealkylation sites (tertiary alicyclic amines) is 1. The van der Waals surface area contributed by atoms with Crippen molar-refractivity contribution in [3.8, 4) is 0 Å². The van der Waals surface area contributed by atoms with Gasteiger partial charge in [-0.2, -0.15) is 0 Å². The monoisotopic (exact) mass is 410 g/mol. The first-order chi connectivity index (χ1) is 14.1. The average Bonchev–Trinajstić information content (AvgIpc) is 3.37. The molecule has 1 amide bonds. The van der Waals surface area contributed by atoms with Crippen LogP contribution in [0.3, 0.4) is 0 Å². The maximum Gasteiger partial charge on any atom is 0.219 e. The number of hydrogen-bond donors (Lipinski definition) is 0. The Morgan fingerprint density at radius 1 is 1.10 bits per heavy atom. The fourth-order valence-corrected chi connectivity index (χ4v) is 6.02. The first kappa shape index (κ1) is 20.6. The van der Waals surface area contributed by atoms with Crippen molar-refractivity contribution in [3.05, 3.63) is 57.8 Å². The maximum absolute atomic E-state index is 12.6. The van der Waals surface area contributed by atoms with Gasteiger partial charge in [0.05, 0.1) is 0 Å². The van der Waals surface area contributed by atoms with Crippen molar-refractivity contribution in [2.75, 3.05) is 19.6 Å². The lowest BCUT2D eigenvalue weighted by atomic mass is 9.87. The van der Waals surface area contributed by atoms with Gasteiger partial charge in [-0.25, -0.2) is 0 Å². The highest BCUT2D eigenvalue weighted by Gasteiger charge is 2.37. The Bertz CT molecular complexity index is 780. The summed E-state index contributed by atoms with van der Waals surface area (Å²) in [6.07, 6.45) is 6.23. The van der Waals surface area contributed by atoms with E-state index in [-0.39, 0.29) is 5.91 Å². The van der Waals surface area contributed by atoms with Gasteiger partial charge in [0, 0.05) is 49.9 Å². The van der Waals surface area contributed by atoms with E-state index in [1.807, 2.05) is 11.3 Å². The van der Waals surface area contributed by atoms with Crippen LogP contribution in [-0.4, -0.2) is 41.4 Å². The Labute approximate surface area is 179 Å². The van der Waals surface area contributed by atoms with Gasteiger partial charge < -0.3 is 4.90 Å². The minimum Gasteiger partial charge on any atom is -0.340 e. The van der Waals surface area contributed by atoms with Crippen molar-refractivity contribution in [3.63, 3.8) is 0 Å². The second-order valence-corrected chi connectivity index (χ2v) is 10.0. The van der Waals surface area contributed by atoms with Gasteiger partial charge in [-0.15, -0.1) is 11.3 Å². The van der Waals surface area contributed by atoms with Crippen LogP contribution in [0.25, 0.3) is 0 Å². The Kier molecular flexibility index (Phi) is 6.71. The molecule has 2 aromatic rings. The van der Waals surface area contributed by atoms with E-state index in [0.717, 1.165) is 26.2 Å². The summed E-state index contributed by atoms with van der Waals surface area (Å²) < 4.78 is 0. The van der Waals surface area contributed by atoms with E-state index >= 15 is 0 Å². The zero-order valence-electron chi connectivity index (χ0n) is 17.8. The second-order valence-electron chi connectivity index (χ2n) is 9.01. The summed E-state index contributed by atoms with van der Waals surface area (Å²) in [6, 6.07) is 13.9. The molecule has 0 N–H and O–H groups in total. The smallest absolute Gasteiger partial charge is 0.219 e. The van der Waals surface area contributed by atoms with E-state index in [0.29, 0.717) is 17.9 Å². The molecular formula is C25H34N2OS. The number of amides is 1. The van der Waals surface area contributed by atoms with Crippen LogP contribution in [0.5, 0.6) is 0 Å². The van der Waals surface area contributed by atoms with Crippen LogP contribution in [-0.2, 0) is 11.3 Å². The third kappa shape index (κ3) is 5.10. The molecule has 0 radical (unpaired) electrons. The quantitative estimate of drug-likeness (QED) is 0.632. The van der Waals surface area contributed by atoms with Crippen LogP contribution in [0, 0.1) is 12.8 Å². The lowest BCUT2D eigenvalue weighted by Gasteiger charge is -2.36. The van der Waals surface area contributed by atoms with E-state index in [9.17, 15) is 4.79 Å². The maximum atomic E-state index is 12.6. The minimum atomic E-state index is 0.260. The van der Waals surface area contributed by atoms with Crippen LogP contribution in [0.2, 0.25) is 0 Å². The Morgan fingerprint density at radius 2 is 1.86 bits per heavy atom. The molecule has 2 heterocycles. The summed E-state index contributed by atoms with van der Waals surface area (Å²) >= 11 is 1.85. The number of hydrogen-bond acceptors (Lipinski definition) is 3. The van der Waals surface area contributed by atoms with E-state index in [2.05, 4.69) is 58.5 Å². The molecule has 4 heteroatoms. The molecule has 2 aliphatic rings. The zero-order valence-corrected chi connectivity index (χ0v) is 18.7. The summed E-state index contributed by atoms with van der Waals surface area (Å²) in [5.74, 6) is 1.26. The first-order valence-electron chi connectivity index (χ1n) is 11.2. The first-order valence-corrected chi connectivity index (χ1v) is 12.1. The van der Waals surface area contributed by atoms with Gasteiger partial charge in [0.2, 0.25) is 5.91 Å². The van der Waals surface area contributed by atoms with Gasteiger partial charge in [-0.3, -0.25) is 9.69 Å².